The number of guanidine groups is 1. The number of hydrogen-bond acceptors (Lipinski definition) is 4. The minimum atomic E-state index is 0.506. The summed E-state index contributed by atoms with van der Waals surface area (Å²) in [7, 11) is 3.41. The maximum atomic E-state index is 5.55. The molecule has 136 valence electrons. The van der Waals surface area contributed by atoms with E-state index in [9.17, 15) is 0 Å². The highest BCUT2D eigenvalue weighted by molar-refractivity contribution is 9.10. The fourth-order valence-electron chi connectivity index (χ4n) is 2.17. The first-order valence-electron chi connectivity index (χ1n) is 8.10. The largest absolute Gasteiger partial charge is 0.496 e. The van der Waals surface area contributed by atoms with E-state index in [4.69, 9.17) is 13.9 Å². The van der Waals surface area contributed by atoms with Gasteiger partial charge in [-0.15, -0.1) is 0 Å². The summed E-state index contributed by atoms with van der Waals surface area (Å²) in [6.45, 7) is 2.63. The monoisotopic (exact) mass is 409 g/mol. The third-order valence-corrected chi connectivity index (χ3v) is 4.10. The van der Waals surface area contributed by atoms with Crippen LogP contribution in [-0.4, -0.2) is 33.3 Å². The quantitative estimate of drug-likeness (QED) is 0.377. The third kappa shape index (κ3) is 6.80. The van der Waals surface area contributed by atoms with Gasteiger partial charge >= 0.3 is 0 Å². The van der Waals surface area contributed by atoms with Crippen LogP contribution in [0.3, 0.4) is 0 Å². The van der Waals surface area contributed by atoms with Crippen molar-refractivity contribution in [3.05, 3.63) is 52.4 Å². The molecule has 2 aromatic rings. The molecule has 0 aliphatic heterocycles. The Morgan fingerprint density at radius 3 is 2.84 bits per heavy atom. The van der Waals surface area contributed by atoms with E-state index in [2.05, 4.69) is 31.6 Å². The lowest BCUT2D eigenvalue weighted by Gasteiger charge is -2.12. The van der Waals surface area contributed by atoms with Crippen molar-refractivity contribution in [3.63, 3.8) is 0 Å². The van der Waals surface area contributed by atoms with Gasteiger partial charge in [0, 0.05) is 26.7 Å². The van der Waals surface area contributed by atoms with E-state index in [-0.39, 0.29) is 0 Å². The van der Waals surface area contributed by atoms with Gasteiger partial charge < -0.3 is 24.5 Å². The number of benzene rings is 1. The van der Waals surface area contributed by atoms with Crippen LogP contribution in [0.2, 0.25) is 0 Å². The Hall–Kier alpha value is -1.99. The number of aliphatic imine (C=N–C) groups is 1. The second-order valence-electron chi connectivity index (χ2n) is 5.31. The molecule has 0 atom stereocenters. The highest BCUT2D eigenvalue weighted by Gasteiger charge is 2.03. The van der Waals surface area contributed by atoms with Crippen LogP contribution in [0, 0.1) is 0 Å². The Labute approximate surface area is 156 Å². The van der Waals surface area contributed by atoms with Gasteiger partial charge in [0.15, 0.2) is 5.96 Å². The van der Waals surface area contributed by atoms with Crippen molar-refractivity contribution in [1.82, 2.24) is 10.6 Å². The fourth-order valence-corrected chi connectivity index (χ4v) is 2.76. The van der Waals surface area contributed by atoms with E-state index in [0.29, 0.717) is 19.8 Å². The van der Waals surface area contributed by atoms with Crippen LogP contribution in [0.15, 0.2) is 50.5 Å². The number of furan rings is 1. The zero-order chi connectivity index (χ0) is 17.9. The lowest BCUT2D eigenvalue weighted by molar-refractivity contribution is 0.105. The van der Waals surface area contributed by atoms with Gasteiger partial charge in [-0.25, -0.2) is 0 Å². The van der Waals surface area contributed by atoms with Crippen molar-refractivity contribution < 1.29 is 13.9 Å². The number of halogens is 1. The SMILES string of the molecule is CN=C(NCCCOCc1ccco1)NCc1ccc(OC)c(Br)c1. The number of ether oxygens (including phenoxy) is 2. The molecule has 0 spiro atoms. The Bertz CT molecular complexity index is 660. The molecule has 0 saturated heterocycles. The molecule has 0 saturated carbocycles. The molecular formula is C18H24BrN3O3. The zero-order valence-electron chi connectivity index (χ0n) is 14.5. The molecule has 0 bridgehead atoms. The minimum Gasteiger partial charge on any atom is -0.496 e. The van der Waals surface area contributed by atoms with Crippen molar-refractivity contribution in [2.24, 2.45) is 4.99 Å². The van der Waals surface area contributed by atoms with Crippen LogP contribution < -0.4 is 15.4 Å². The molecule has 7 heteroatoms. The molecular weight excluding hydrogens is 386 g/mol. The molecule has 0 amide bonds. The highest BCUT2D eigenvalue weighted by atomic mass is 79.9. The molecule has 2 rings (SSSR count). The van der Waals surface area contributed by atoms with Crippen LogP contribution in [-0.2, 0) is 17.9 Å². The molecule has 0 unspecified atom stereocenters. The average molecular weight is 410 g/mol. The van der Waals surface area contributed by atoms with Gasteiger partial charge in [0.05, 0.1) is 17.8 Å². The third-order valence-electron chi connectivity index (χ3n) is 3.48. The van der Waals surface area contributed by atoms with Crippen molar-refractivity contribution in [1.29, 1.82) is 0 Å². The van der Waals surface area contributed by atoms with Gasteiger partial charge in [0.2, 0.25) is 0 Å². The first kappa shape index (κ1) is 19.3. The summed E-state index contributed by atoms with van der Waals surface area (Å²) in [4.78, 5) is 4.22. The predicted molar refractivity (Wildman–Crippen MR) is 102 cm³/mol. The molecule has 25 heavy (non-hydrogen) atoms. The van der Waals surface area contributed by atoms with Crippen molar-refractivity contribution in [2.75, 3.05) is 27.3 Å². The average Bonchev–Trinajstić information content (AvgIpc) is 3.14. The lowest BCUT2D eigenvalue weighted by atomic mass is 10.2. The zero-order valence-corrected chi connectivity index (χ0v) is 16.1. The van der Waals surface area contributed by atoms with E-state index >= 15 is 0 Å². The standard InChI is InChI=1S/C18H24BrN3O3/c1-20-18(21-8-4-9-24-13-15-5-3-10-25-15)22-12-14-6-7-17(23-2)16(19)11-14/h3,5-7,10-11H,4,8-9,12-13H2,1-2H3,(H2,20,21,22). The topological polar surface area (TPSA) is 68.0 Å². The summed E-state index contributed by atoms with van der Waals surface area (Å²) in [6, 6.07) is 9.75. The molecule has 0 aliphatic rings. The van der Waals surface area contributed by atoms with Crippen molar-refractivity contribution in [2.45, 2.75) is 19.6 Å². The number of methoxy groups -OCH3 is 1. The Morgan fingerprint density at radius 2 is 2.16 bits per heavy atom. The number of rotatable bonds is 9. The van der Waals surface area contributed by atoms with Crippen molar-refractivity contribution in [3.8, 4) is 5.75 Å². The predicted octanol–water partition coefficient (Wildman–Crippen LogP) is 3.32. The minimum absolute atomic E-state index is 0.506. The normalized spacial score (nSPS) is 11.4. The van der Waals surface area contributed by atoms with Crippen LogP contribution in [0.4, 0.5) is 0 Å². The van der Waals surface area contributed by atoms with Gasteiger partial charge in [0.1, 0.15) is 18.1 Å². The van der Waals surface area contributed by atoms with E-state index in [0.717, 1.165) is 40.5 Å². The summed E-state index contributed by atoms with van der Waals surface area (Å²) in [5.74, 6) is 2.43. The van der Waals surface area contributed by atoms with E-state index in [1.165, 1.54) is 0 Å². The Morgan fingerprint density at radius 1 is 1.28 bits per heavy atom. The summed E-state index contributed by atoms with van der Waals surface area (Å²) in [5.41, 5.74) is 1.14. The second-order valence-corrected chi connectivity index (χ2v) is 6.16. The van der Waals surface area contributed by atoms with Crippen molar-refractivity contribution >= 4 is 21.9 Å². The highest BCUT2D eigenvalue weighted by Crippen LogP contribution is 2.25. The number of hydrogen-bond donors (Lipinski definition) is 2. The summed E-state index contributed by atoms with van der Waals surface area (Å²) >= 11 is 3.49. The first-order chi connectivity index (χ1) is 12.2. The Balaban J connectivity index is 1.62. The molecule has 0 radical (unpaired) electrons. The number of nitrogens with zero attached hydrogens (tertiary/aromatic N) is 1. The maximum Gasteiger partial charge on any atom is 0.191 e. The molecule has 0 fully saturated rings. The van der Waals surface area contributed by atoms with E-state index in [1.807, 2.05) is 30.3 Å². The maximum absolute atomic E-state index is 5.55. The summed E-state index contributed by atoms with van der Waals surface area (Å²) < 4.78 is 16.9. The number of nitrogens with one attached hydrogen (secondary N) is 2. The van der Waals surface area contributed by atoms with Gasteiger partial charge in [0.25, 0.3) is 0 Å². The smallest absolute Gasteiger partial charge is 0.191 e. The van der Waals surface area contributed by atoms with Gasteiger partial charge in [-0.2, -0.15) is 0 Å². The fraction of sp³-hybridized carbons (Fsp3) is 0.389. The Kier molecular flexibility index (Phi) is 8.34. The molecule has 1 aromatic carbocycles. The molecule has 6 nitrogen and oxygen atoms in total. The van der Waals surface area contributed by atoms with Crippen LogP contribution >= 0.6 is 15.9 Å². The lowest BCUT2D eigenvalue weighted by Crippen LogP contribution is -2.37. The summed E-state index contributed by atoms with van der Waals surface area (Å²) in [5, 5.41) is 6.55. The second kappa shape index (κ2) is 10.8. The van der Waals surface area contributed by atoms with Gasteiger partial charge in [-0.1, -0.05) is 6.07 Å². The van der Waals surface area contributed by atoms with E-state index in [1.54, 1.807) is 20.4 Å². The first-order valence-corrected chi connectivity index (χ1v) is 8.89. The van der Waals surface area contributed by atoms with Crippen LogP contribution in [0.5, 0.6) is 5.75 Å². The molecule has 0 aliphatic carbocycles. The van der Waals surface area contributed by atoms with E-state index < -0.39 is 0 Å². The van der Waals surface area contributed by atoms with Crippen LogP contribution in [0.1, 0.15) is 17.7 Å². The summed E-state index contributed by atoms with van der Waals surface area (Å²) in [6.07, 6.45) is 2.53. The van der Waals surface area contributed by atoms with Gasteiger partial charge in [-0.05, 0) is 52.2 Å². The molecule has 1 aromatic heterocycles. The molecule has 2 N–H and O–H groups in total. The molecule has 1 heterocycles. The van der Waals surface area contributed by atoms with Gasteiger partial charge in [-0.3, -0.25) is 4.99 Å². The van der Waals surface area contributed by atoms with Crippen LogP contribution in [0.25, 0.3) is 0 Å².